The summed E-state index contributed by atoms with van der Waals surface area (Å²) in [6.07, 6.45) is 1.09. The third kappa shape index (κ3) is 3.58. The van der Waals surface area contributed by atoms with Crippen LogP contribution < -0.4 is 5.32 Å². The number of nitrogens with one attached hydrogen (secondary N) is 1. The van der Waals surface area contributed by atoms with E-state index in [1.807, 2.05) is 6.07 Å². The molecule has 1 nitrogen and oxygen atoms in total. The molecule has 0 aliphatic heterocycles. The van der Waals surface area contributed by atoms with Crippen molar-refractivity contribution in [2.75, 3.05) is 0 Å². The van der Waals surface area contributed by atoms with Crippen LogP contribution in [0.1, 0.15) is 29.8 Å². The Morgan fingerprint density at radius 2 is 2.22 bits per heavy atom. The lowest BCUT2D eigenvalue weighted by Gasteiger charge is -2.15. The van der Waals surface area contributed by atoms with Gasteiger partial charge in [-0.05, 0) is 51.5 Å². The van der Waals surface area contributed by atoms with Crippen LogP contribution in [-0.4, -0.2) is 0 Å². The maximum Gasteiger partial charge on any atom is 0.0548 e. The summed E-state index contributed by atoms with van der Waals surface area (Å²) in [7, 11) is 0. The first-order valence-corrected chi connectivity index (χ1v) is 7.96. The van der Waals surface area contributed by atoms with E-state index in [0.29, 0.717) is 6.04 Å². The van der Waals surface area contributed by atoms with Crippen molar-refractivity contribution in [2.24, 2.45) is 0 Å². The number of thiophene rings is 1. The lowest BCUT2D eigenvalue weighted by molar-refractivity contribution is 0.526. The molecule has 1 atom stereocenters. The normalized spacial score (nSPS) is 12.6. The van der Waals surface area contributed by atoms with Crippen molar-refractivity contribution in [3.8, 4) is 0 Å². The second-order valence-electron chi connectivity index (χ2n) is 4.11. The lowest BCUT2D eigenvalue weighted by Crippen LogP contribution is -2.19. The molecule has 1 unspecified atom stereocenters. The number of rotatable bonds is 5. The molecule has 18 heavy (non-hydrogen) atoms. The fraction of sp³-hybridized carbons (Fsp3) is 0.286. The van der Waals surface area contributed by atoms with Crippen molar-refractivity contribution in [1.82, 2.24) is 5.32 Å². The smallest absolute Gasteiger partial charge is 0.0548 e. The van der Waals surface area contributed by atoms with Crippen LogP contribution in [0.4, 0.5) is 0 Å². The molecule has 0 amide bonds. The Labute approximate surface area is 125 Å². The van der Waals surface area contributed by atoms with E-state index in [1.54, 1.807) is 11.3 Å². The van der Waals surface area contributed by atoms with E-state index in [4.69, 9.17) is 11.6 Å². The zero-order chi connectivity index (χ0) is 13.0. The SMILES string of the molecule is CCC(NCc1ccc(Cl)c(Br)c1)c1cccs1. The summed E-state index contributed by atoms with van der Waals surface area (Å²) in [4.78, 5) is 1.39. The first kappa shape index (κ1) is 14.1. The third-order valence-electron chi connectivity index (χ3n) is 2.83. The Kier molecular flexibility index (Phi) is 5.25. The van der Waals surface area contributed by atoms with Crippen LogP contribution in [0.2, 0.25) is 5.02 Å². The van der Waals surface area contributed by atoms with Crippen molar-refractivity contribution in [3.63, 3.8) is 0 Å². The van der Waals surface area contributed by atoms with Crippen molar-refractivity contribution in [2.45, 2.75) is 25.9 Å². The molecule has 0 radical (unpaired) electrons. The third-order valence-corrected chi connectivity index (χ3v) is 5.03. The lowest BCUT2D eigenvalue weighted by atomic mass is 10.1. The van der Waals surface area contributed by atoms with Crippen LogP contribution in [0.3, 0.4) is 0 Å². The zero-order valence-electron chi connectivity index (χ0n) is 10.1. The highest BCUT2D eigenvalue weighted by Gasteiger charge is 2.09. The minimum Gasteiger partial charge on any atom is -0.305 e. The largest absolute Gasteiger partial charge is 0.305 e. The summed E-state index contributed by atoms with van der Waals surface area (Å²) in [5, 5.41) is 6.46. The predicted octanol–water partition coefficient (Wildman–Crippen LogP) is 5.40. The van der Waals surface area contributed by atoms with Gasteiger partial charge in [0.25, 0.3) is 0 Å². The Bertz CT molecular complexity index is 499. The minimum atomic E-state index is 0.430. The van der Waals surface area contributed by atoms with E-state index in [2.05, 4.69) is 57.8 Å². The summed E-state index contributed by atoms with van der Waals surface area (Å²) in [6.45, 7) is 3.06. The molecule has 0 aliphatic rings. The molecule has 96 valence electrons. The topological polar surface area (TPSA) is 12.0 Å². The van der Waals surface area contributed by atoms with Crippen molar-refractivity contribution < 1.29 is 0 Å². The molecular weight excluding hydrogens is 330 g/mol. The molecule has 1 aromatic carbocycles. The quantitative estimate of drug-likeness (QED) is 0.765. The van der Waals surface area contributed by atoms with Gasteiger partial charge >= 0.3 is 0 Å². The van der Waals surface area contributed by atoms with Gasteiger partial charge in [-0.1, -0.05) is 30.7 Å². The first-order chi connectivity index (χ1) is 8.70. The molecule has 0 spiro atoms. The molecule has 0 aliphatic carbocycles. The maximum absolute atomic E-state index is 5.99. The van der Waals surface area contributed by atoms with Crippen molar-refractivity contribution in [3.05, 3.63) is 55.6 Å². The molecule has 0 bridgehead atoms. The van der Waals surface area contributed by atoms with E-state index in [9.17, 15) is 0 Å². The second kappa shape index (κ2) is 6.71. The molecule has 0 fully saturated rings. The fourth-order valence-electron chi connectivity index (χ4n) is 1.83. The van der Waals surface area contributed by atoms with Crippen LogP contribution in [0.5, 0.6) is 0 Å². The Morgan fingerprint density at radius 1 is 1.39 bits per heavy atom. The van der Waals surface area contributed by atoms with Gasteiger partial charge in [-0.25, -0.2) is 0 Å². The number of benzene rings is 1. The second-order valence-corrected chi connectivity index (χ2v) is 6.35. The monoisotopic (exact) mass is 343 g/mol. The predicted molar refractivity (Wildman–Crippen MR) is 83.3 cm³/mol. The van der Waals surface area contributed by atoms with Crippen LogP contribution in [-0.2, 0) is 6.54 Å². The van der Waals surface area contributed by atoms with Gasteiger partial charge in [0.2, 0.25) is 0 Å². The van der Waals surface area contributed by atoms with Gasteiger partial charge in [0.05, 0.1) is 5.02 Å². The highest BCUT2D eigenvalue weighted by Crippen LogP contribution is 2.25. The van der Waals surface area contributed by atoms with Gasteiger partial charge in [0.15, 0.2) is 0 Å². The van der Waals surface area contributed by atoms with Gasteiger partial charge in [-0.15, -0.1) is 11.3 Å². The van der Waals surface area contributed by atoms with Gasteiger partial charge in [0.1, 0.15) is 0 Å². The van der Waals surface area contributed by atoms with Crippen LogP contribution in [0.15, 0.2) is 40.2 Å². The van der Waals surface area contributed by atoms with Gasteiger partial charge in [-0.3, -0.25) is 0 Å². The van der Waals surface area contributed by atoms with E-state index >= 15 is 0 Å². The van der Waals surface area contributed by atoms with E-state index in [-0.39, 0.29) is 0 Å². The van der Waals surface area contributed by atoms with E-state index in [1.165, 1.54) is 10.4 Å². The number of hydrogen-bond donors (Lipinski definition) is 1. The molecule has 0 saturated heterocycles. The van der Waals surface area contributed by atoms with Crippen LogP contribution in [0.25, 0.3) is 0 Å². The minimum absolute atomic E-state index is 0.430. The van der Waals surface area contributed by atoms with Crippen molar-refractivity contribution in [1.29, 1.82) is 0 Å². The Balaban J connectivity index is 1.99. The Hall–Kier alpha value is -0.350. The molecule has 2 rings (SSSR count). The molecule has 2 aromatic rings. The number of hydrogen-bond acceptors (Lipinski definition) is 2. The summed E-state index contributed by atoms with van der Waals surface area (Å²) >= 11 is 11.2. The highest BCUT2D eigenvalue weighted by molar-refractivity contribution is 9.10. The molecule has 4 heteroatoms. The molecule has 0 saturated carbocycles. The van der Waals surface area contributed by atoms with Crippen LogP contribution in [0, 0.1) is 0 Å². The summed E-state index contributed by atoms with van der Waals surface area (Å²) in [5.74, 6) is 0. The average Bonchev–Trinajstić information content (AvgIpc) is 2.88. The molecule has 1 N–H and O–H groups in total. The van der Waals surface area contributed by atoms with E-state index in [0.717, 1.165) is 22.5 Å². The standard InChI is InChI=1S/C14H15BrClNS/c1-2-13(14-4-3-7-18-14)17-9-10-5-6-12(16)11(15)8-10/h3-8,13,17H,2,9H2,1H3. The molecule has 1 heterocycles. The Morgan fingerprint density at radius 3 is 2.83 bits per heavy atom. The summed E-state index contributed by atoms with van der Waals surface area (Å²) < 4.78 is 0.952. The molecular formula is C14H15BrClNS. The summed E-state index contributed by atoms with van der Waals surface area (Å²) in [5.41, 5.74) is 1.24. The average molecular weight is 345 g/mol. The van der Waals surface area contributed by atoms with Gasteiger partial charge in [-0.2, -0.15) is 0 Å². The zero-order valence-corrected chi connectivity index (χ0v) is 13.3. The van der Waals surface area contributed by atoms with Crippen LogP contribution >= 0.6 is 38.9 Å². The fourth-order valence-corrected chi connectivity index (χ4v) is 3.26. The van der Waals surface area contributed by atoms with Crippen molar-refractivity contribution >= 4 is 38.9 Å². The first-order valence-electron chi connectivity index (χ1n) is 5.91. The van der Waals surface area contributed by atoms with Gasteiger partial charge < -0.3 is 5.32 Å². The summed E-state index contributed by atoms with van der Waals surface area (Å²) in [6, 6.07) is 10.8. The number of halogens is 2. The molecule has 1 aromatic heterocycles. The maximum atomic E-state index is 5.99. The van der Waals surface area contributed by atoms with E-state index < -0.39 is 0 Å². The van der Waals surface area contributed by atoms with Gasteiger partial charge in [0, 0.05) is 21.9 Å². The highest BCUT2D eigenvalue weighted by atomic mass is 79.9.